The molecule has 0 spiro atoms. The fourth-order valence-corrected chi connectivity index (χ4v) is 12.0. The molecule has 14 aromatic rings. The summed E-state index contributed by atoms with van der Waals surface area (Å²) in [6, 6.07) is 74.2. The van der Waals surface area contributed by atoms with E-state index in [9.17, 15) is 0 Å². The summed E-state index contributed by atoms with van der Waals surface area (Å²) in [7, 11) is 0. The third kappa shape index (κ3) is 6.02. The molecular weight excluding hydrogens is 1030 g/mol. The number of ether oxygens (including phenoxy) is 1. The number of aromatic nitrogens is 5. The number of imidazole rings is 1. The zero-order valence-corrected chi connectivity index (χ0v) is 39.9. The first-order chi connectivity index (χ1) is 34.0. The number of fused-ring (bicyclic) bond motifs is 10. The molecule has 0 radical (unpaired) electrons. The Bertz CT molecular complexity index is 4390. The first-order valence-corrected chi connectivity index (χ1v) is 24.4. The van der Waals surface area contributed by atoms with Crippen LogP contribution in [0.25, 0.3) is 110 Å². The van der Waals surface area contributed by atoms with Crippen LogP contribution in [0.4, 0.5) is 0 Å². The summed E-state index contributed by atoms with van der Waals surface area (Å²) >= 11 is 2.51. The van der Waals surface area contributed by atoms with Crippen molar-refractivity contribution in [1.29, 1.82) is 0 Å². The average Bonchev–Trinajstić information content (AvgIpc) is 4.10. The number of pyridine rings is 1. The van der Waals surface area contributed by atoms with E-state index < -0.39 is 0 Å². The minimum atomic E-state index is 0.752. The summed E-state index contributed by atoms with van der Waals surface area (Å²) in [6.45, 7) is 4.25. The monoisotopic (exact) mass is 1070 g/mol. The van der Waals surface area contributed by atoms with Crippen molar-refractivity contribution in [3.8, 4) is 50.9 Å². The topological polar surface area (TPSA) is 41.3 Å². The summed E-state index contributed by atoms with van der Waals surface area (Å²) in [5.74, 6) is 2.41. The summed E-state index contributed by atoms with van der Waals surface area (Å²) in [4.78, 5) is 4.98. The number of hydrogen-bond donors (Lipinski definition) is 0. The summed E-state index contributed by atoms with van der Waals surface area (Å²) in [6.07, 6.45) is 1.91. The van der Waals surface area contributed by atoms with Crippen LogP contribution in [0.15, 0.2) is 212 Å². The van der Waals surface area contributed by atoms with Crippen molar-refractivity contribution in [2.75, 3.05) is 0 Å². The Kier molecular flexibility index (Phi) is 8.86. The van der Waals surface area contributed by atoms with Crippen molar-refractivity contribution in [1.82, 2.24) is 23.1 Å². The molecule has 0 aliphatic heterocycles. The second kappa shape index (κ2) is 15.4. The van der Waals surface area contributed by atoms with Gasteiger partial charge in [0.15, 0.2) is 0 Å². The second-order valence-electron chi connectivity index (χ2n) is 18.0. The molecule has 9 aromatic carbocycles. The quantitative estimate of drug-likeness (QED) is 0.160. The third-order valence-corrected chi connectivity index (χ3v) is 15.0. The van der Waals surface area contributed by atoms with E-state index in [4.69, 9.17) is 9.72 Å². The van der Waals surface area contributed by atoms with E-state index >= 15 is 0 Å². The fraction of sp³-hybridized carbons (Fsp3) is 0.0323. The molecule has 69 heavy (non-hydrogen) atoms. The first-order valence-electron chi connectivity index (χ1n) is 23.3. The second-order valence-corrected chi connectivity index (χ2v) is 19.0. The van der Waals surface area contributed by atoms with Crippen molar-refractivity contribution >= 4 is 70.9 Å². The molecule has 0 unspecified atom stereocenters. The number of nitrogens with zero attached hydrogens (tertiary/aromatic N) is 5. The SMILES string of the molecule is Cc1ccnc(-n2c3cc(Oc4cc(-n5[c](=[Pt])n(-c6c(-c7ccccc7)cccc6-c6ccccc6)c6ccccc65)ccc4C)ccc3c3cc4c5cccc6c7ccccc7n(c4cc32)c65)c1. The molecular formula is C62H41N5OPt. The molecule has 6 nitrogen and oxygen atoms in total. The van der Waals surface area contributed by atoms with Gasteiger partial charge in [0.05, 0.1) is 16.6 Å². The molecule has 0 saturated heterocycles. The molecule has 0 amide bonds. The molecule has 330 valence electrons. The van der Waals surface area contributed by atoms with Crippen LogP contribution in [0.3, 0.4) is 0 Å². The van der Waals surface area contributed by atoms with E-state index in [2.05, 4.69) is 258 Å². The van der Waals surface area contributed by atoms with Crippen LogP contribution < -0.4 is 4.74 Å². The molecule has 0 aliphatic rings. The van der Waals surface area contributed by atoms with Gasteiger partial charge in [0, 0.05) is 27.7 Å². The van der Waals surface area contributed by atoms with Crippen LogP contribution in [-0.4, -0.2) is 23.1 Å². The molecule has 5 heterocycles. The van der Waals surface area contributed by atoms with E-state index in [1.807, 2.05) is 6.20 Å². The molecule has 5 aromatic heterocycles. The third-order valence-electron chi connectivity index (χ3n) is 14.0. The summed E-state index contributed by atoms with van der Waals surface area (Å²) in [5, 5.41) is 7.38. The van der Waals surface area contributed by atoms with Crippen molar-refractivity contribution in [2.45, 2.75) is 13.8 Å². The van der Waals surface area contributed by atoms with E-state index in [0.717, 1.165) is 93.3 Å². The van der Waals surface area contributed by atoms with Gasteiger partial charge in [0.25, 0.3) is 0 Å². The van der Waals surface area contributed by atoms with Crippen LogP contribution in [0.5, 0.6) is 11.5 Å². The van der Waals surface area contributed by atoms with Gasteiger partial charge >= 0.3 is 301 Å². The van der Waals surface area contributed by atoms with Gasteiger partial charge in [-0.15, -0.1) is 0 Å². The minimum absolute atomic E-state index is 0.752. The maximum atomic E-state index is 7.03. The van der Waals surface area contributed by atoms with Crippen molar-refractivity contribution < 1.29 is 24.1 Å². The Balaban J connectivity index is 0.939. The molecule has 0 N–H and O–H groups in total. The van der Waals surface area contributed by atoms with E-state index in [1.165, 1.54) is 43.5 Å². The Morgan fingerprint density at radius 3 is 1.78 bits per heavy atom. The van der Waals surface area contributed by atoms with Crippen LogP contribution in [0, 0.1) is 17.7 Å². The van der Waals surface area contributed by atoms with Gasteiger partial charge in [-0.3, -0.25) is 0 Å². The molecule has 7 heteroatoms. The molecule has 0 bridgehead atoms. The number of rotatable bonds is 7. The zero-order valence-electron chi connectivity index (χ0n) is 37.7. The van der Waals surface area contributed by atoms with Gasteiger partial charge < -0.3 is 4.40 Å². The Labute approximate surface area is 407 Å². The maximum absolute atomic E-state index is 7.03. The van der Waals surface area contributed by atoms with E-state index in [-0.39, 0.29) is 0 Å². The standard InChI is InChI=1S/C62H41N5O.Pt/c1-39-31-32-63-60(33-39)66-56-35-44(29-30-48(56)51-36-52-50-23-14-22-49-47-19-9-10-24-53(47)67(62(49)50)58(52)37-57(51)66)68-59-34-43(28-27-40(59)2)64-38-65(55-26-12-11-25-54(55)64)61-45(41-15-5-3-6-16-41)20-13-21-46(61)42-17-7-4-8-18-42;/h3-37H,1-2H3;. The summed E-state index contributed by atoms with van der Waals surface area (Å²) < 4.78 is 17.6. The van der Waals surface area contributed by atoms with E-state index in [0.29, 0.717) is 0 Å². The van der Waals surface area contributed by atoms with Crippen LogP contribution in [0.1, 0.15) is 11.1 Å². The number of benzene rings is 9. The molecule has 0 fully saturated rings. The van der Waals surface area contributed by atoms with E-state index in [1.54, 1.807) is 0 Å². The molecule has 0 aliphatic carbocycles. The predicted octanol–water partition coefficient (Wildman–Crippen LogP) is 15.9. The Morgan fingerprint density at radius 1 is 0.435 bits per heavy atom. The van der Waals surface area contributed by atoms with Gasteiger partial charge in [0.1, 0.15) is 0 Å². The van der Waals surface area contributed by atoms with Gasteiger partial charge in [-0.25, -0.2) is 0 Å². The Morgan fingerprint density at radius 2 is 1.04 bits per heavy atom. The molecule has 0 atom stereocenters. The van der Waals surface area contributed by atoms with Crippen LogP contribution in [0.2, 0.25) is 0 Å². The Hall–Kier alpha value is -8.31. The van der Waals surface area contributed by atoms with Crippen molar-refractivity contribution in [2.24, 2.45) is 0 Å². The van der Waals surface area contributed by atoms with Gasteiger partial charge in [-0.1, -0.05) is 36.4 Å². The predicted molar refractivity (Wildman–Crippen MR) is 280 cm³/mol. The normalized spacial score (nSPS) is 12.0. The molecule has 0 saturated carbocycles. The van der Waals surface area contributed by atoms with Gasteiger partial charge in [-0.2, -0.15) is 0 Å². The van der Waals surface area contributed by atoms with Crippen molar-refractivity contribution in [3.05, 3.63) is 227 Å². The first kappa shape index (κ1) is 39.8. The summed E-state index contributed by atoms with van der Waals surface area (Å²) in [5.41, 5.74) is 17.0. The number of hydrogen-bond acceptors (Lipinski definition) is 2. The molecule has 14 rings (SSSR count). The van der Waals surface area contributed by atoms with Crippen molar-refractivity contribution in [3.63, 3.8) is 0 Å². The fourth-order valence-electron chi connectivity index (χ4n) is 10.9. The zero-order chi connectivity index (χ0) is 45.9. The smallest absolute Gasteiger partial charge is 0.0620 e. The number of para-hydroxylation sites is 5. The average molecular weight is 1070 g/mol. The van der Waals surface area contributed by atoms with Gasteiger partial charge in [-0.05, 0) is 24.6 Å². The van der Waals surface area contributed by atoms with Crippen LogP contribution in [-0.2, 0) is 19.4 Å². The van der Waals surface area contributed by atoms with Crippen LogP contribution >= 0.6 is 0 Å². The minimum Gasteiger partial charge on any atom is 0.0620 e. The number of aryl methyl sites for hydroxylation is 2. The van der Waals surface area contributed by atoms with Gasteiger partial charge in [0.2, 0.25) is 0 Å².